The molecule has 0 amide bonds. The van der Waals surface area contributed by atoms with E-state index in [-0.39, 0.29) is 0 Å². The summed E-state index contributed by atoms with van der Waals surface area (Å²) in [5.74, 6) is 0. The van der Waals surface area contributed by atoms with Gasteiger partial charge in [-0.05, 0) is 7.05 Å². The average molecular weight is 184 g/mol. The van der Waals surface area contributed by atoms with Crippen LogP contribution < -0.4 is 11.1 Å². The van der Waals surface area contributed by atoms with Gasteiger partial charge in [-0.2, -0.15) is 0 Å². The third-order valence-electron chi connectivity index (χ3n) is 3.46. The average Bonchev–Trinajstić information content (AvgIpc) is 2.07. The molecule has 4 nitrogen and oxygen atoms in total. The Bertz CT molecular complexity index is 165. The molecule has 0 spiro atoms. The van der Waals surface area contributed by atoms with Crippen LogP contribution in [0, 0.1) is 0 Å². The highest BCUT2D eigenvalue weighted by Crippen LogP contribution is 2.20. The maximum Gasteiger partial charge on any atom is 0.0582 e. The maximum atomic E-state index is 5.84. The van der Waals surface area contributed by atoms with Gasteiger partial charge in [0.1, 0.15) is 0 Å². The second kappa shape index (κ2) is 3.53. The second-order valence-corrected chi connectivity index (χ2v) is 4.32. The van der Waals surface area contributed by atoms with Crippen molar-refractivity contribution in [1.29, 1.82) is 0 Å². The Labute approximate surface area is 80.1 Å². The van der Waals surface area contributed by atoms with Crippen LogP contribution in [0.15, 0.2) is 0 Å². The summed E-state index contributed by atoms with van der Waals surface area (Å²) in [4.78, 5) is 4.94. The van der Waals surface area contributed by atoms with Crippen LogP contribution in [-0.2, 0) is 0 Å². The number of piperazine rings is 1. The quantitative estimate of drug-likeness (QED) is 0.550. The zero-order chi connectivity index (χ0) is 9.31. The minimum atomic E-state index is 0.293. The van der Waals surface area contributed by atoms with E-state index in [4.69, 9.17) is 5.73 Å². The van der Waals surface area contributed by atoms with Crippen molar-refractivity contribution in [3.8, 4) is 0 Å². The van der Waals surface area contributed by atoms with Crippen molar-refractivity contribution in [2.24, 2.45) is 5.73 Å². The van der Waals surface area contributed by atoms with E-state index in [1.54, 1.807) is 0 Å². The fourth-order valence-electron chi connectivity index (χ4n) is 2.19. The number of nitrogens with zero attached hydrogens (tertiary/aromatic N) is 2. The van der Waals surface area contributed by atoms with Gasteiger partial charge in [-0.25, -0.2) is 0 Å². The number of rotatable bonds is 2. The molecule has 2 fully saturated rings. The third kappa shape index (κ3) is 1.59. The summed E-state index contributed by atoms with van der Waals surface area (Å²) < 4.78 is 0. The highest BCUT2D eigenvalue weighted by atomic mass is 15.3. The largest absolute Gasteiger partial charge is 0.329 e. The molecule has 0 aromatic heterocycles. The minimum Gasteiger partial charge on any atom is -0.329 e. The normalized spacial score (nSPS) is 30.0. The molecule has 0 atom stereocenters. The molecular formula is C9H20N4. The van der Waals surface area contributed by atoms with Crippen LogP contribution >= 0.6 is 0 Å². The molecule has 0 aromatic carbocycles. The smallest absolute Gasteiger partial charge is 0.0582 e. The summed E-state index contributed by atoms with van der Waals surface area (Å²) >= 11 is 0. The van der Waals surface area contributed by atoms with Crippen LogP contribution in [0.5, 0.6) is 0 Å². The lowest BCUT2D eigenvalue weighted by molar-refractivity contribution is 0.00978. The summed E-state index contributed by atoms with van der Waals surface area (Å²) in [6.07, 6.45) is 0. The van der Waals surface area contributed by atoms with Gasteiger partial charge in [0, 0.05) is 45.8 Å². The molecule has 0 saturated carbocycles. The first-order chi connectivity index (χ1) is 6.27. The molecule has 0 bridgehead atoms. The topological polar surface area (TPSA) is 44.5 Å². The molecule has 2 rings (SSSR count). The first kappa shape index (κ1) is 9.40. The molecule has 76 valence electrons. The number of hydrogen-bond acceptors (Lipinski definition) is 4. The van der Waals surface area contributed by atoms with Crippen LogP contribution in [0.3, 0.4) is 0 Å². The van der Waals surface area contributed by atoms with Gasteiger partial charge in [0.2, 0.25) is 0 Å². The first-order valence-electron chi connectivity index (χ1n) is 5.11. The van der Waals surface area contributed by atoms with E-state index in [0.29, 0.717) is 5.54 Å². The van der Waals surface area contributed by atoms with Crippen LogP contribution in [0.4, 0.5) is 0 Å². The highest BCUT2D eigenvalue weighted by molar-refractivity contribution is 5.04. The summed E-state index contributed by atoms with van der Waals surface area (Å²) in [6.45, 7) is 7.67. The van der Waals surface area contributed by atoms with Gasteiger partial charge in [0.15, 0.2) is 0 Å². The lowest BCUT2D eigenvalue weighted by atomic mass is 9.89. The molecule has 0 aliphatic carbocycles. The second-order valence-electron chi connectivity index (χ2n) is 4.32. The number of nitrogens with one attached hydrogen (secondary N) is 1. The van der Waals surface area contributed by atoms with Crippen molar-refractivity contribution < 1.29 is 0 Å². The number of hydrogen-bond donors (Lipinski definition) is 2. The van der Waals surface area contributed by atoms with Crippen LogP contribution in [0.1, 0.15) is 0 Å². The summed E-state index contributed by atoms with van der Waals surface area (Å²) in [6, 6.07) is 0. The van der Waals surface area contributed by atoms with Crippen LogP contribution in [-0.4, -0.2) is 68.2 Å². The van der Waals surface area contributed by atoms with Gasteiger partial charge in [-0.15, -0.1) is 0 Å². The fraction of sp³-hybridized carbons (Fsp3) is 1.00. The van der Waals surface area contributed by atoms with Crippen molar-refractivity contribution in [2.75, 3.05) is 52.9 Å². The van der Waals surface area contributed by atoms with Gasteiger partial charge >= 0.3 is 0 Å². The molecule has 0 radical (unpaired) electrons. The Balaban J connectivity index is 1.92. The van der Waals surface area contributed by atoms with E-state index in [1.165, 1.54) is 26.2 Å². The van der Waals surface area contributed by atoms with Gasteiger partial charge < -0.3 is 16.0 Å². The Kier molecular flexibility index (Phi) is 2.55. The predicted molar refractivity (Wildman–Crippen MR) is 53.7 cm³/mol. The van der Waals surface area contributed by atoms with Gasteiger partial charge in [-0.3, -0.25) is 4.90 Å². The van der Waals surface area contributed by atoms with Crippen molar-refractivity contribution in [1.82, 2.24) is 15.1 Å². The Morgan fingerprint density at radius 1 is 1.23 bits per heavy atom. The number of nitrogens with two attached hydrogens (primary N) is 1. The molecule has 2 aliphatic rings. The lowest BCUT2D eigenvalue weighted by Crippen LogP contribution is -2.74. The van der Waals surface area contributed by atoms with E-state index in [0.717, 1.165) is 19.6 Å². The van der Waals surface area contributed by atoms with Gasteiger partial charge in [-0.1, -0.05) is 0 Å². The van der Waals surface area contributed by atoms with E-state index in [9.17, 15) is 0 Å². The highest BCUT2D eigenvalue weighted by Gasteiger charge is 2.41. The van der Waals surface area contributed by atoms with Crippen LogP contribution in [0.25, 0.3) is 0 Å². The molecule has 0 unspecified atom stereocenters. The van der Waals surface area contributed by atoms with Crippen molar-refractivity contribution >= 4 is 0 Å². The van der Waals surface area contributed by atoms with E-state index < -0.39 is 0 Å². The van der Waals surface area contributed by atoms with Crippen molar-refractivity contribution in [2.45, 2.75) is 5.54 Å². The third-order valence-corrected chi connectivity index (χ3v) is 3.46. The minimum absolute atomic E-state index is 0.293. The van der Waals surface area contributed by atoms with E-state index in [1.807, 2.05) is 0 Å². The molecule has 4 heteroatoms. The Morgan fingerprint density at radius 2 is 1.85 bits per heavy atom. The molecule has 2 heterocycles. The Hall–Kier alpha value is -0.160. The molecule has 2 saturated heterocycles. The summed E-state index contributed by atoms with van der Waals surface area (Å²) in [5, 5.41) is 3.33. The van der Waals surface area contributed by atoms with Crippen molar-refractivity contribution in [3.05, 3.63) is 0 Å². The van der Waals surface area contributed by atoms with E-state index >= 15 is 0 Å². The maximum absolute atomic E-state index is 5.84. The van der Waals surface area contributed by atoms with Crippen LogP contribution in [0.2, 0.25) is 0 Å². The van der Waals surface area contributed by atoms with E-state index in [2.05, 4.69) is 22.2 Å². The standard InChI is InChI=1S/C9H20N4/c1-12-2-4-13(5-3-12)9(6-10)7-11-8-9/h11H,2-8,10H2,1H3. The van der Waals surface area contributed by atoms with Gasteiger partial charge in [0.05, 0.1) is 5.54 Å². The van der Waals surface area contributed by atoms with Crippen molar-refractivity contribution in [3.63, 3.8) is 0 Å². The number of likely N-dealkylation sites (N-methyl/N-ethyl adjacent to an activating group) is 1. The first-order valence-corrected chi connectivity index (χ1v) is 5.11. The summed E-state index contributed by atoms with van der Waals surface area (Å²) in [7, 11) is 2.19. The monoisotopic (exact) mass is 184 g/mol. The molecule has 0 aromatic rings. The molecule has 2 aliphatic heterocycles. The predicted octanol–water partition coefficient (Wildman–Crippen LogP) is -1.47. The lowest BCUT2D eigenvalue weighted by Gasteiger charge is -2.52. The molecular weight excluding hydrogens is 164 g/mol. The zero-order valence-electron chi connectivity index (χ0n) is 8.42. The zero-order valence-corrected chi connectivity index (χ0v) is 8.42. The molecule has 13 heavy (non-hydrogen) atoms. The fourth-order valence-corrected chi connectivity index (χ4v) is 2.19. The summed E-state index contributed by atoms with van der Waals surface area (Å²) in [5.41, 5.74) is 6.13. The Morgan fingerprint density at radius 3 is 2.23 bits per heavy atom. The SMILES string of the molecule is CN1CCN(C2(CN)CNC2)CC1. The molecule has 3 N–H and O–H groups in total. The van der Waals surface area contributed by atoms with Gasteiger partial charge in [0.25, 0.3) is 0 Å².